The van der Waals surface area contributed by atoms with Crippen LogP contribution in [0.5, 0.6) is 0 Å². The Morgan fingerprint density at radius 3 is 2.81 bits per heavy atom. The van der Waals surface area contributed by atoms with Gasteiger partial charge >= 0.3 is 0 Å². The highest BCUT2D eigenvalue weighted by Crippen LogP contribution is 2.26. The highest BCUT2D eigenvalue weighted by Gasteiger charge is 2.15. The molecule has 0 aliphatic rings. The molecule has 0 bridgehead atoms. The lowest BCUT2D eigenvalue weighted by Gasteiger charge is -2.16. The fourth-order valence-electron chi connectivity index (χ4n) is 2.18. The van der Waals surface area contributed by atoms with E-state index in [1.807, 2.05) is 23.9 Å². The average molecular weight is 306 g/mol. The lowest BCUT2D eigenvalue weighted by Crippen LogP contribution is -2.24. The molecule has 0 fully saturated rings. The third-order valence-corrected chi connectivity index (χ3v) is 4.44. The second kappa shape index (κ2) is 8.47. The fourth-order valence-corrected chi connectivity index (χ4v) is 3.36. The summed E-state index contributed by atoms with van der Waals surface area (Å²) in [5.74, 6) is 3.26. The summed E-state index contributed by atoms with van der Waals surface area (Å²) in [5.41, 5.74) is 0.981. The number of hydrogen-bond donors (Lipinski definition) is 1. The number of nitrogens with one attached hydrogen (secondary N) is 1. The number of thioether (sulfide) groups is 1. The molecular formula is C17H26N2OS. The average Bonchev–Trinajstić information content (AvgIpc) is 2.90. The molecule has 3 nitrogen and oxygen atoms in total. The molecular weight excluding hydrogens is 280 g/mol. The Balaban J connectivity index is 2.00. The number of para-hydroxylation sites is 1. The van der Waals surface area contributed by atoms with Gasteiger partial charge in [0.25, 0.3) is 0 Å². The third kappa shape index (κ3) is 5.06. The second-order valence-electron chi connectivity index (χ2n) is 5.57. The van der Waals surface area contributed by atoms with Gasteiger partial charge in [-0.05, 0) is 39.2 Å². The number of hydrogen-bond acceptors (Lipinski definition) is 4. The highest BCUT2D eigenvalue weighted by atomic mass is 32.2. The largest absolute Gasteiger partial charge is 0.459 e. The van der Waals surface area contributed by atoms with Gasteiger partial charge in [0, 0.05) is 23.4 Å². The minimum absolute atomic E-state index is 0.296. The van der Waals surface area contributed by atoms with Crippen LogP contribution in [0.3, 0.4) is 0 Å². The van der Waals surface area contributed by atoms with Crippen LogP contribution in [-0.2, 0) is 0 Å². The zero-order valence-electron chi connectivity index (χ0n) is 13.3. The number of benzene rings is 1. The van der Waals surface area contributed by atoms with Crippen molar-refractivity contribution in [2.45, 2.75) is 19.4 Å². The van der Waals surface area contributed by atoms with Crippen molar-refractivity contribution in [3.63, 3.8) is 0 Å². The first-order chi connectivity index (χ1) is 10.2. The molecule has 0 aliphatic carbocycles. The normalized spacial score (nSPS) is 13.1. The number of rotatable bonds is 9. The van der Waals surface area contributed by atoms with Crippen molar-refractivity contribution in [2.75, 3.05) is 38.7 Å². The Morgan fingerprint density at radius 2 is 2.10 bits per heavy atom. The van der Waals surface area contributed by atoms with E-state index in [-0.39, 0.29) is 0 Å². The van der Waals surface area contributed by atoms with Gasteiger partial charge < -0.3 is 14.6 Å². The summed E-state index contributed by atoms with van der Waals surface area (Å²) in [4.78, 5) is 2.22. The molecule has 0 spiro atoms. The number of nitrogens with zero attached hydrogens (tertiary/aromatic N) is 1. The minimum atomic E-state index is 0.296. The van der Waals surface area contributed by atoms with Gasteiger partial charge in [-0.1, -0.05) is 25.1 Å². The van der Waals surface area contributed by atoms with Crippen LogP contribution in [0.1, 0.15) is 25.1 Å². The summed E-state index contributed by atoms with van der Waals surface area (Å²) in [6.45, 7) is 4.34. The zero-order chi connectivity index (χ0) is 15.1. The summed E-state index contributed by atoms with van der Waals surface area (Å²) in [6.07, 6.45) is 1.14. The van der Waals surface area contributed by atoms with Crippen LogP contribution < -0.4 is 5.32 Å². The van der Waals surface area contributed by atoms with Crippen molar-refractivity contribution in [2.24, 2.45) is 0 Å². The first kappa shape index (κ1) is 16.4. The molecule has 1 aromatic heterocycles. The minimum Gasteiger partial charge on any atom is -0.459 e. The van der Waals surface area contributed by atoms with Gasteiger partial charge in [0.2, 0.25) is 0 Å². The first-order valence-electron chi connectivity index (χ1n) is 7.65. The Labute approximate surface area is 132 Å². The van der Waals surface area contributed by atoms with Crippen LogP contribution in [0.15, 0.2) is 34.7 Å². The van der Waals surface area contributed by atoms with E-state index in [1.54, 1.807) is 0 Å². The maximum Gasteiger partial charge on any atom is 0.134 e. The van der Waals surface area contributed by atoms with E-state index in [1.165, 1.54) is 5.39 Å². The molecule has 1 atom stereocenters. The molecule has 1 N–H and O–H groups in total. The first-order valence-corrected chi connectivity index (χ1v) is 8.80. The summed E-state index contributed by atoms with van der Waals surface area (Å²) in [7, 11) is 4.24. The van der Waals surface area contributed by atoms with E-state index in [0.717, 1.165) is 42.4 Å². The monoisotopic (exact) mass is 306 g/mol. The van der Waals surface area contributed by atoms with Crippen LogP contribution >= 0.6 is 11.8 Å². The van der Waals surface area contributed by atoms with Gasteiger partial charge in [-0.2, -0.15) is 11.8 Å². The predicted octanol–water partition coefficient (Wildman–Crippen LogP) is 3.77. The Bertz CT molecular complexity index is 505. The fraction of sp³-hybridized carbons (Fsp3) is 0.529. The molecule has 0 radical (unpaired) electrons. The SMILES string of the molecule is CCCNC(CSCCN(C)C)c1cc2ccccc2o1. The van der Waals surface area contributed by atoms with E-state index in [2.05, 4.69) is 49.4 Å². The van der Waals surface area contributed by atoms with Gasteiger partial charge in [0.05, 0.1) is 6.04 Å². The highest BCUT2D eigenvalue weighted by molar-refractivity contribution is 7.99. The molecule has 2 rings (SSSR count). The second-order valence-corrected chi connectivity index (χ2v) is 6.72. The van der Waals surface area contributed by atoms with Gasteiger partial charge in [-0.25, -0.2) is 0 Å². The Morgan fingerprint density at radius 1 is 1.29 bits per heavy atom. The molecule has 1 aromatic carbocycles. The number of fused-ring (bicyclic) bond motifs is 1. The number of furan rings is 1. The van der Waals surface area contributed by atoms with Crippen molar-refractivity contribution in [3.8, 4) is 0 Å². The summed E-state index contributed by atoms with van der Waals surface area (Å²) in [5, 5.41) is 4.80. The lowest BCUT2D eigenvalue weighted by atomic mass is 10.2. The maximum absolute atomic E-state index is 6.02. The van der Waals surface area contributed by atoms with E-state index in [0.29, 0.717) is 6.04 Å². The summed E-state index contributed by atoms with van der Waals surface area (Å²) < 4.78 is 6.02. The smallest absolute Gasteiger partial charge is 0.134 e. The molecule has 0 saturated carbocycles. The van der Waals surface area contributed by atoms with Crippen LogP contribution in [0.4, 0.5) is 0 Å². The van der Waals surface area contributed by atoms with Crippen molar-refractivity contribution < 1.29 is 4.42 Å². The topological polar surface area (TPSA) is 28.4 Å². The van der Waals surface area contributed by atoms with E-state index in [9.17, 15) is 0 Å². The Hall–Kier alpha value is -0.970. The molecule has 0 amide bonds. The molecule has 0 saturated heterocycles. The van der Waals surface area contributed by atoms with Gasteiger partial charge in [0.1, 0.15) is 11.3 Å². The molecule has 21 heavy (non-hydrogen) atoms. The summed E-state index contributed by atoms with van der Waals surface area (Å²) in [6, 6.07) is 10.7. The van der Waals surface area contributed by atoms with Crippen LogP contribution in [0.25, 0.3) is 11.0 Å². The molecule has 2 aromatic rings. The van der Waals surface area contributed by atoms with Gasteiger partial charge in [-0.15, -0.1) is 0 Å². The van der Waals surface area contributed by atoms with Crippen LogP contribution in [0.2, 0.25) is 0 Å². The van der Waals surface area contributed by atoms with E-state index >= 15 is 0 Å². The molecule has 0 aliphatic heterocycles. The quantitative estimate of drug-likeness (QED) is 0.714. The van der Waals surface area contributed by atoms with Crippen LogP contribution in [0, 0.1) is 0 Å². The zero-order valence-corrected chi connectivity index (χ0v) is 14.1. The third-order valence-electron chi connectivity index (χ3n) is 3.40. The van der Waals surface area contributed by atoms with E-state index < -0.39 is 0 Å². The van der Waals surface area contributed by atoms with Crippen LogP contribution in [-0.4, -0.2) is 43.6 Å². The standard InChI is InChI=1S/C17H26N2OS/c1-4-9-18-15(13-21-11-10-19(2)3)17-12-14-7-5-6-8-16(14)20-17/h5-8,12,15,18H,4,9-11,13H2,1-3H3. The van der Waals surface area contributed by atoms with Gasteiger partial charge in [0.15, 0.2) is 0 Å². The van der Waals surface area contributed by atoms with E-state index in [4.69, 9.17) is 4.42 Å². The lowest BCUT2D eigenvalue weighted by molar-refractivity contribution is 0.436. The van der Waals surface area contributed by atoms with Crippen molar-refractivity contribution in [3.05, 3.63) is 36.1 Å². The van der Waals surface area contributed by atoms with Gasteiger partial charge in [-0.3, -0.25) is 0 Å². The molecule has 116 valence electrons. The summed E-state index contributed by atoms with van der Waals surface area (Å²) >= 11 is 1.98. The molecule has 1 heterocycles. The van der Waals surface area contributed by atoms with Crippen molar-refractivity contribution in [1.82, 2.24) is 10.2 Å². The molecule has 4 heteroatoms. The van der Waals surface area contributed by atoms with Crippen molar-refractivity contribution >= 4 is 22.7 Å². The Kier molecular flexibility index (Phi) is 6.61. The molecule has 1 unspecified atom stereocenters. The predicted molar refractivity (Wildman–Crippen MR) is 93.1 cm³/mol. The maximum atomic E-state index is 6.02. The van der Waals surface area contributed by atoms with Crippen molar-refractivity contribution in [1.29, 1.82) is 0 Å².